The largest absolute Gasteiger partial charge is 0.365 e. The van der Waals surface area contributed by atoms with Crippen LogP contribution in [-0.4, -0.2) is 39.2 Å². The van der Waals surface area contributed by atoms with Crippen LogP contribution in [0, 0.1) is 5.92 Å². The molecule has 4 rings (SSSR count). The van der Waals surface area contributed by atoms with Crippen LogP contribution < -0.4 is 10.7 Å². The maximum absolute atomic E-state index is 4.58. The van der Waals surface area contributed by atoms with Crippen molar-refractivity contribution in [3.05, 3.63) is 5.69 Å². The van der Waals surface area contributed by atoms with Gasteiger partial charge in [-0.15, -0.1) is 10.2 Å². The standard InChI is InChI=1S/C17H25N7/c1-10-6-7-14-12(9-10)15-16(19-14)20-17(24-22-15)23-21-11(2)13-5-3-4-8-18-13/h8,10,12-14H,3-7,9H2,1-2H3,(H2,19,20,23,24)/b21-11-. The Morgan fingerprint density at radius 2 is 2.21 bits per heavy atom. The first-order valence-corrected chi connectivity index (χ1v) is 9.03. The van der Waals surface area contributed by atoms with Crippen molar-refractivity contribution in [2.75, 3.05) is 10.7 Å². The predicted molar refractivity (Wildman–Crippen MR) is 95.9 cm³/mol. The van der Waals surface area contributed by atoms with Gasteiger partial charge >= 0.3 is 0 Å². The summed E-state index contributed by atoms with van der Waals surface area (Å²) in [6.45, 7) is 4.31. The summed E-state index contributed by atoms with van der Waals surface area (Å²) in [5, 5.41) is 16.6. The molecule has 0 saturated heterocycles. The maximum atomic E-state index is 4.58. The number of nitrogens with zero attached hydrogens (tertiary/aromatic N) is 5. The minimum Gasteiger partial charge on any atom is -0.365 e. The fourth-order valence-electron chi connectivity index (χ4n) is 3.98. The van der Waals surface area contributed by atoms with Gasteiger partial charge in [-0.05, 0) is 57.6 Å². The van der Waals surface area contributed by atoms with E-state index in [1.807, 2.05) is 13.1 Å². The summed E-state index contributed by atoms with van der Waals surface area (Å²) in [5.41, 5.74) is 4.94. The van der Waals surface area contributed by atoms with Crippen LogP contribution in [0.1, 0.15) is 64.0 Å². The van der Waals surface area contributed by atoms with Crippen molar-refractivity contribution in [1.82, 2.24) is 15.2 Å². The smallest absolute Gasteiger partial charge is 0.265 e. The quantitative estimate of drug-likeness (QED) is 0.658. The number of hydrazone groups is 1. The highest BCUT2D eigenvalue weighted by atomic mass is 15.4. The molecule has 128 valence electrons. The number of hydrogen-bond donors (Lipinski definition) is 2. The Labute approximate surface area is 142 Å². The van der Waals surface area contributed by atoms with Crippen LogP contribution in [0.5, 0.6) is 0 Å². The van der Waals surface area contributed by atoms with Crippen molar-refractivity contribution < 1.29 is 0 Å². The second-order valence-electron chi connectivity index (χ2n) is 7.29. The molecular weight excluding hydrogens is 302 g/mol. The summed E-state index contributed by atoms with van der Waals surface area (Å²) in [6.07, 6.45) is 8.92. The molecule has 4 unspecified atom stereocenters. The molecule has 3 aliphatic rings. The van der Waals surface area contributed by atoms with Crippen molar-refractivity contribution in [1.29, 1.82) is 0 Å². The van der Waals surface area contributed by atoms with Crippen LogP contribution in [0.4, 0.5) is 11.8 Å². The minimum atomic E-state index is 0.177. The molecule has 7 heteroatoms. The fraction of sp³-hybridized carbons (Fsp3) is 0.706. The predicted octanol–water partition coefficient (Wildman–Crippen LogP) is 2.98. The fourth-order valence-corrected chi connectivity index (χ4v) is 3.98. The first-order chi connectivity index (χ1) is 11.7. The minimum absolute atomic E-state index is 0.177. The Balaban J connectivity index is 1.47. The molecule has 2 N–H and O–H groups in total. The molecule has 7 nitrogen and oxygen atoms in total. The van der Waals surface area contributed by atoms with Crippen molar-refractivity contribution in [2.45, 2.75) is 70.4 Å². The number of aliphatic imine (C=N–C) groups is 1. The zero-order valence-electron chi connectivity index (χ0n) is 14.4. The zero-order chi connectivity index (χ0) is 16.5. The van der Waals surface area contributed by atoms with Crippen LogP contribution in [0.15, 0.2) is 10.1 Å². The Hall–Kier alpha value is -2.05. The molecule has 24 heavy (non-hydrogen) atoms. The number of rotatable bonds is 3. The topological polar surface area (TPSA) is 87.5 Å². The van der Waals surface area contributed by atoms with Crippen LogP contribution in [0.25, 0.3) is 0 Å². The molecule has 4 atom stereocenters. The molecule has 1 aliphatic carbocycles. The summed E-state index contributed by atoms with van der Waals surface area (Å²) < 4.78 is 0. The van der Waals surface area contributed by atoms with Gasteiger partial charge in [-0.3, -0.25) is 4.99 Å². The Morgan fingerprint density at radius 1 is 1.29 bits per heavy atom. The van der Waals surface area contributed by atoms with Crippen LogP contribution in [0.2, 0.25) is 0 Å². The highest BCUT2D eigenvalue weighted by Crippen LogP contribution is 2.43. The van der Waals surface area contributed by atoms with Gasteiger partial charge in [0.2, 0.25) is 0 Å². The highest BCUT2D eigenvalue weighted by Gasteiger charge is 2.38. The maximum Gasteiger partial charge on any atom is 0.265 e. The molecule has 1 aromatic rings. The van der Waals surface area contributed by atoms with E-state index in [0.29, 0.717) is 17.9 Å². The summed E-state index contributed by atoms with van der Waals surface area (Å²) in [4.78, 5) is 9.07. The normalized spacial score (nSPS) is 32.0. The molecule has 2 aliphatic heterocycles. The van der Waals surface area contributed by atoms with Crippen molar-refractivity contribution in [2.24, 2.45) is 16.0 Å². The number of hydrogen-bond acceptors (Lipinski definition) is 7. The molecule has 0 aromatic carbocycles. The average Bonchev–Trinajstić information content (AvgIpc) is 2.97. The van der Waals surface area contributed by atoms with E-state index in [4.69, 9.17) is 0 Å². The van der Waals surface area contributed by atoms with Gasteiger partial charge in [0.1, 0.15) is 5.69 Å². The van der Waals surface area contributed by atoms with Crippen LogP contribution in [0.3, 0.4) is 0 Å². The third-order valence-corrected chi connectivity index (χ3v) is 5.41. The van der Waals surface area contributed by atoms with Gasteiger partial charge in [-0.1, -0.05) is 6.92 Å². The molecule has 0 radical (unpaired) electrons. The van der Waals surface area contributed by atoms with E-state index in [0.717, 1.165) is 36.0 Å². The lowest BCUT2D eigenvalue weighted by molar-refractivity contribution is 0.326. The van der Waals surface area contributed by atoms with E-state index >= 15 is 0 Å². The SMILES string of the molecule is C/C(=N/Nc1nnc2c(n1)NC1CCC(C)CC21)C1CCCC=N1. The Kier molecular flexibility index (Phi) is 4.16. The van der Waals surface area contributed by atoms with E-state index in [1.165, 1.54) is 25.7 Å². The van der Waals surface area contributed by atoms with E-state index < -0.39 is 0 Å². The number of fused-ring (bicyclic) bond motifs is 3. The van der Waals surface area contributed by atoms with Gasteiger partial charge in [0.15, 0.2) is 5.82 Å². The first-order valence-electron chi connectivity index (χ1n) is 9.03. The van der Waals surface area contributed by atoms with E-state index in [2.05, 4.69) is 42.9 Å². The Morgan fingerprint density at radius 3 is 3.04 bits per heavy atom. The first kappa shape index (κ1) is 15.5. The lowest BCUT2D eigenvalue weighted by atomic mass is 9.79. The van der Waals surface area contributed by atoms with Crippen LogP contribution >= 0.6 is 0 Å². The number of nitrogens with one attached hydrogen (secondary N) is 2. The molecule has 0 amide bonds. The van der Waals surface area contributed by atoms with Gasteiger partial charge in [-0.2, -0.15) is 10.1 Å². The lowest BCUT2D eigenvalue weighted by Gasteiger charge is -2.28. The van der Waals surface area contributed by atoms with Gasteiger partial charge in [0.05, 0.1) is 11.8 Å². The van der Waals surface area contributed by atoms with Crippen molar-refractivity contribution in [3.63, 3.8) is 0 Å². The average molecular weight is 327 g/mol. The van der Waals surface area contributed by atoms with E-state index in [1.54, 1.807) is 0 Å². The number of aromatic nitrogens is 3. The van der Waals surface area contributed by atoms with Gasteiger partial charge < -0.3 is 5.32 Å². The second kappa shape index (κ2) is 6.45. The van der Waals surface area contributed by atoms with E-state index in [-0.39, 0.29) is 6.04 Å². The van der Waals surface area contributed by atoms with Crippen molar-refractivity contribution >= 4 is 23.7 Å². The van der Waals surface area contributed by atoms with Crippen LogP contribution in [-0.2, 0) is 0 Å². The monoisotopic (exact) mass is 327 g/mol. The summed E-state index contributed by atoms with van der Waals surface area (Å²) >= 11 is 0. The molecule has 0 bridgehead atoms. The van der Waals surface area contributed by atoms with Gasteiger partial charge in [0.25, 0.3) is 5.95 Å². The zero-order valence-corrected chi connectivity index (χ0v) is 14.4. The Bertz CT molecular complexity index is 669. The third kappa shape index (κ3) is 2.99. The molecule has 0 spiro atoms. The highest BCUT2D eigenvalue weighted by molar-refractivity contribution is 5.89. The molecule has 1 saturated carbocycles. The summed E-state index contributed by atoms with van der Waals surface area (Å²) in [7, 11) is 0. The third-order valence-electron chi connectivity index (χ3n) is 5.41. The number of anilines is 2. The molecule has 3 heterocycles. The van der Waals surface area contributed by atoms with Crippen molar-refractivity contribution in [3.8, 4) is 0 Å². The molecule has 1 aromatic heterocycles. The summed E-state index contributed by atoms with van der Waals surface area (Å²) in [5.74, 6) is 2.54. The molecule has 1 fully saturated rings. The van der Waals surface area contributed by atoms with Gasteiger partial charge in [-0.25, -0.2) is 5.43 Å². The van der Waals surface area contributed by atoms with Gasteiger partial charge in [0, 0.05) is 12.0 Å². The molecular formula is C17H25N7. The lowest BCUT2D eigenvalue weighted by Crippen LogP contribution is -2.27. The van der Waals surface area contributed by atoms with E-state index in [9.17, 15) is 0 Å². The summed E-state index contributed by atoms with van der Waals surface area (Å²) in [6, 6.07) is 0.645. The second-order valence-corrected chi connectivity index (χ2v) is 7.29.